The first-order valence-electron chi connectivity index (χ1n) is 3.99. The van der Waals surface area contributed by atoms with Crippen LogP contribution in [-0.4, -0.2) is 12.6 Å². The fraction of sp³-hybridized carbons (Fsp3) is 0.100. The maximum Gasteiger partial charge on any atom is 0.573 e. The van der Waals surface area contributed by atoms with E-state index in [4.69, 9.17) is 0 Å². The molecule has 0 radical (unpaired) electrons. The van der Waals surface area contributed by atoms with Crippen LogP contribution >= 0.6 is 0 Å². The molecule has 5 heteroatoms. The number of benzene rings is 1. The van der Waals surface area contributed by atoms with Gasteiger partial charge in [-0.3, -0.25) is 4.79 Å². The number of para-hydroxylation sites is 1. The minimum atomic E-state index is -4.73. The lowest BCUT2D eigenvalue weighted by Gasteiger charge is -2.10. The molecule has 0 saturated carbocycles. The highest BCUT2D eigenvalue weighted by Crippen LogP contribution is 2.26. The van der Waals surface area contributed by atoms with Crippen LogP contribution in [0.3, 0.4) is 0 Å². The standard InChI is InChI=1S/C10H7F3O2/c11-10(12,13)15-9-6-2-1-4-8(9)5-3-7-14/h1-7H. The largest absolute Gasteiger partial charge is 0.573 e. The Bertz CT molecular complexity index is 369. The summed E-state index contributed by atoms with van der Waals surface area (Å²) < 4.78 is 39.5. The minimum absolute atomic E-state index is 0.196. The molecule has 0 spiro atoms. The zero-order valence-electron chi connectivity index (χ0n) is 7.49. The molecule has 15 heavy (non-hydrogen) atoms. The van der Waals surface area contributed by atoms with Crippen molar-refractivity contribution in [1.29, 1.82) is 0 Å². The van der Waals surface area contributed by atoms with Gasteiger partial charge < -0.3 is 4.74 Å². The van der Waals surface area contributed by atoms with Crippen molar-refractivity contribution in [2.24, 2.45) is 0 Å². The smallest absolute Gasteiger partial charge is 0.405 e. The first-order chi connectivity index (χ1) is 7.03. The van der Waals surface area contributed by atoms with Gasteiger partial charge in [0.25, 0.3) is 0 Å². The van der Waals surface area contributed by atoms with E-state index >= 15 is 0 Å². The highest BCUT2D eigenvalue weighted by Gasteiger charge is 2.31. The van der Waals surface area contributed by atoms with Gasteiger partial charge in [0, 0.05) is 5.56 Å². The summed E-state index contributed by atoms with van der Waals surface area (Å²) >= 11 is 0. The summed E-state index contributed by atoms with van der Waals surface area (Å²) in [5, 5.41) is 0. The second-order valence-electron chi connectivity index (χ2n) is 2.58. The van der Waals surface area contributed by atoms with Crippen molar-refractivity contribution in [1.82, 2.24) is 0 Å². The Morgan fingerprint density at radius 2 is 1.87 bits per heavy atom. The predicted molar refractivity (Wildman–Crippen MR) is 48.2 cm³/mol. The molecule has 0 fully saturated rings. The molecule has 0 unspecified atom stereocenters. The molecule has 80 valence electrons. The van der Waals surface area contributed by atoms with Gasteiger partial charge in [-0.05, 0) is 18.2 Å². The number of ether oxygens (including phenoxy) is 1. The molecule has 0 amide bonds. The molecule has 0 saturated heterocycles. The van der Waals surface area contributed by atoms with Gasteiger partial charge in [0.1, 0.15) is 12.0 Å². The van der Waals surface area contributed by atoms with Crippen molar-refractivity contribution in [3.05, 3.63) is 35.9 Å². The zero-order chi connectivity index (χ0) is 11.3. The van der Waals surface area contributed by atoms with E-state index in [1.54, 1.807) is 6.07 Å². The summed E-state index contributed by atoms with van der Waals surface area (Å²) in [7, 11) is 0. The van der Waals surface area contributed by atoms with Gasteiger partial charge in [-0.1, -0.05) is 18.2 Å². The Morgan fingerprint density at radius 1 is 1.20 bits per heavy atom. The van der Waals surface area contributed by atoms with Crippen LogP contribution in [-0.2, 0) is 4.79 Å². The van der Waals surface area contributed by atoms with Crippen molar-refractivity contribution < 1.29 is 22.7 Å². The highest BCUT2D eigenvalue weighted by atomic mass is 19.4. The zero-order valence-corrected chi connectivity index (χ0v) is 7.49. The monoisotopic (exact) mass is 216 g/mol. The number of rotatable bonds is 3. The average molecular weight is 216 g/mol. The molecular formula is C10H7F3O2. The van der Waals surface area contributed by atoms with Crippen molar-refractivity contribution in [2.45, 2.75) is 6.36 Å². The number of halogens is 3. The molecule has 1 aromatic carbocycles. The van der Waals surface area contributed by atoms with E-state index in [0.717, 1.165) is 6.08 Å². The molecule has 0 atom stereocenters. The summed E-state index contributed by atoms with van der Waals surface area (Å²) in [6.45, 7) is 0. The second-order valence-corrected chi connectivity index (χ2v) is 2.58. The Labute approximate surface area is 84.0 Å². The summed E-state index contributed by atoms with van der Waals surface area (Å²) in [4.78, 5) is 10.0. The number of hydrogen-bond donors (Lipinski definition) is 0. The average Bonchev–Trinajstić information content (AvgIpc) is 2.14. The van der Waals surface area contributed by atoms with E-state index in [2.05, 4.69) is 4.74 Å². The molecule has 0 aliphatic rings. The van der Waals surface area contributed by atoms with Crippen LogP contribution in [0.4, 0.5) is 13.2 Å². The van der Waals surface area contributed by atoms with Gasteiger partial charge >= 0.3 is 6.36 Å². The van der Waals surface area contributed by atoms with E-state index in [1.807, 2.05) is 0 Å². The first-order valence-corrected chi connectivity index (χ1v) is 3.99. The number of carbonyl (C=O) groups excluding carboxylic acids is 1. The molecule has 0 aliphatic carbocycles. The van der Waals surface area contributed by atoms with Gasteiger partial charge in [-0.2, -0.15) is 0 Å². The van der Waals surface area contributed by atoms with Crippen molar-refractivity contribution in [3.63, 3.8) is 0 Å². The lowest BCUT2D eigenvalue weighted by atomic mass is 10.2. The lowest BCUT2D eigenvalue weighted by Crippen LogP contribution is -2.17. The topological polar surface area (TPSA) is 26.3 Å². The normalized spacial score (nSPS) is 11.7. The van der Waals surface area contributed by atoms with Crippen LogP contribution in [0.15, 0.2) is 30.3 Å². The molecule has 0 bridgehead atoms. The quantitative estimate of drug-likeness (QED) is 0.573. The Hall–Kier alpha value is -1.78. The number of hydrogen-bond acceptors (Lipinski definition) is 2. The molecular weight excluding hydrogens is 209 g/mol. The summed E-state index contributed by atoms with van der Waals surface area (Å²) in [6, 6.07) is 5.56. The molecule has 1 aromatic rings. The maximum absolute atomic E-state index is 11.9. The maximum atomic E-state index is 11.9. The van der Waals surface area contributed by atoms with Crippen LogP contribution in [0.5, 0.6) is 5.75 Å². The molecule has 1 rings (SSSR count). The Kier molecular flexibility index (Phi) is 3.49. The van der Waals surface area contributed by atoms with Crippen molar-refractivity contribution >= 4 is 12.4 Å². The minimum Gasteiger partial charge on any atom is -0.405 e. The summed E-state index contributed by atoms with van der Waals surface area (Å²) in [5.41, 5.74) is 0.196. The van der Waals surface area contributed by atoms with Gasteiger partial charge in [-0.25, -0.2) is 0 Å². The van der Waals surface area contributed by atoms with Crippen LogP contribution in [0, 0.1) is 0 Å². The van der Waals surface area contributed by atoms with E-state index in [1.165, 1.54) is 24.3 Å². The van der Waals surface area contributed by atoms with Crippen LogP contribution in [0.1, 0.15) is 5.56 Å². The lowest BCUT2D eigenvalue weighted by molar-refractivity contribution is -0.274. The highest BCUT2D eigenvalue weighted by molar-refractivity contribution is 5.75. The van der Waals surface area contributed by atoms with E-state index < -0.39 is 6.36 Å². The van der Waals surface area contributed by atoms with Gasteiger partial charge in [-0.15, -0.1) is 13.2 Å². The third kappa shape index (κ3) is 3.84. The van der Waals surface area contributed by atoms with E-state index in [0.29, 0.717) is 6.29 Å². The van der Waals surface area contributed by atoms with Crippen LogP contribution in [0.25, 0.3) is 6.08 Å². The third-order valence-corrected chi connectivity index (χ3v) is 1.50. The van der Waals surface area contributed by atoms with Crippen LogP contribution in [0.2, 0.25) is 0 Å². The molecule has 2 nitrogen and oxygen atoms in total. The second kappa shape index (κ2) is 4.63. The van der Waals surface area contributed by atoms with Crippen LogP contribution < -0.4 is 4.74 Å². The van der Waals surface area contributed by atoms with Crippen molar-refractivity contribution in [2.75, 3.05) is 0 Å². The van der Waals surface area contributed by atoms with Gasteiger partial charge in [0.2, 0.25) is 0 Å². The Balaban J connectivity index is 2.96. The fourth-order valence-electron chi connectivity index (χ4n) is 0.979. The van der Waals surface area contributed by atoms with E-state index in [9.17, 15) is 18.0 Å². The number of aldehydes is 1. The SMILES string of the molecule is O=CC=Cc1ccccc1OC(F)(F)F. The first kappa shape index (κ1) is 11.3. The fourth-order valence-corrected chi connectivity index (χ4v) is 0.979. The summed E-state index contributed by atoms with van der Waals surface area (Å²) in [5.74, 6) is -0.330. The van der Waals surface area contributed by atoms with Crippen molar-refractivity contribution in [3.8, 4) is 5.75 Å². The molecule has 0 aromatic heterocycles. The van der Waals surface area contributed by atoms with E-state index in [-0.39, 0.29) is 11.3 Å². The predicted octanol–water partition coefficient (Wildman–Crippen LogP) is 2.80. The molecule has 0 N–H and O–H groups in total. The Morgan fingerprint density at radius 3 is 2.47 bits per heavy atom. The number of alkyl halides is 3. The molecule has 0 heterocycles. The summed E-state index contributed by atoms with van der Waals surface area (Å²) in [6.07, 6.45) is -1.91. The van der Waals surface area contributed by atoms with Gasteiger partial charge in [0.15, 0.2) is 0 Å². The number of carbonyl (C=O) groups is 1. The van der Waals surface area contributed by atoms with Gasteiger partial charge in [0.05, 0.1) is 0 Å². The number of allylic oxidation sites excluding steroid dienone is 1. The molecule has 0 aliphatic heterocycles. The third-order valence-electron chi connectivity index (χ3n) is 1.50.